The monoisotopic (exact) mass is 505 g/mol. The van der Waals surface area contributed by atoms with Gasteiger partial charge in [-0.25, -0.2) is 9.59 Å². The number of nitrogens with zero attached hydrogens (tertiary/aromatic N) is 1. The van der Waals surface area contributed by atoms with Crippen LogP contribution in [-0.2, 0) is 35.1 Å². The number of β-lactam (4-membered cyclic amide) rings is 1. The number of thioether (sulfide) groups is 1. The van der Waals surface area contributed by atoms with Crippen LogP contribution in [0, 0.1) is 0 Å². The molecule has 1 saturated heterocycles. The van der Waals surface area contributed by atoms with Gasteiger partial charge in [-0.15, -0.1) is 11.8 Å². The third-order valence-electron chi connectivity index (χ3n) is 5.02. The van der Waals surface area contributed by atoms with Crippen LogP contribution in [-0.4, -0.2) is 69.2 Å². The number of nitrogens with one attached hydrogen (secondary N) is 2. The number of carboxylic acid groups (broad SMARTS) is 1. The largest absolute Gasteiger partial charge is 0.477 e. The number of carboxylic acids is 1. The van der Waals surface area contributed by atoms with Gasteiger partial charge in [0, 0.05) is 23.9 Å². The maximum Gasteiger partial charge on any atom is 0.412 e. The molecule has 35 heavy (non-hydrogen) atoms. The molecule has 0 aromatic heterocycles. The Morgan fingerprint density at radius 3 is 2.51 bits per heavy atom. The van der Waals surface area contributed by atoms with E-state index in [2.05, 4.69) is 10.6 Å². The summed E-state index contributed by atoms with van der Waals surface area (Å²) in [5.74, 6) is -2.66. The van der Waals surface area contributed by atoms with Crippen molar-refractivity contribution in [2.75, 3.05) is 17.7 Å². The number of hydrogen-bond acceptors (Lipinski definition) is 8. The number of aliphatic carboxylic acids is 1. The topological polar surface area (TPSA) is 151 Å². The molecule has 0 bridgehead atoms. The van der Waals surface area contributed by atoms with Crippen LogP contribution in [0.5, 0.6) is 0 Å². The molecule has 2 aliphatic rings. The Morgan fingerprint density at radius 1 is 1.20 bits per heavy atom. The Labute approximate surface area is 206 Å². The second kappa shape index (κ2) is 10.4. The van der Waals surface area contributed by atoms with Crippen molar-refractivity contribution in [2.45, 2.75) is 51.1 Å². The molecule has 0 spiro atoms. The van der Waals surface area contributed by atoms with E-state index in [-0.39, 0.29) is 24.5 Å². The lowest BCUT2D eigenvalue weighted by Gasteiger charge is -2.49. The number of amides is 3. The molecule has 1 aromatic carbocycles. The first-order valence-corrected chi connectivity index (χ1v) is 11.8. The van der Waals surface area contributed by atoms with Gasteiger partial charge in [0.2, 0.25) is 5.91 Å². The van der Waals surface area contributed by atoms with E-state index >= 15 is 0 Å². The third kappa shape index (κ3) is 6.32. The highest BCUT2D eigenvalue weighted by Crippen LogP contribution is 2.40. The number of fused-ring (bicyclic) bond motifs is 1. The van der Waals surface area contributed by atoms with Crippen molar-refractivity contribution in [3.8, 4) is 0 Å². The molecule has 0 saturated carbocycles. The van der Waals surface area contributed by atoms with E-state index < -0.39 is 46.9 Å². The van der Waals surface area contributed by atoms with Gasteiger partial charge in [-0.3, -0.25) is 24.6 Å². The van der Waals surface area contributed by atoms with Gasteiger partial charge in [0.15, 0.2) is 0 Å². The highest BCUT2D eigenvalue weighted by molar-refractivity contribution is 8.00. The van der Waals surface area contributed by atoms with Crippen LogP contribution in [0.15, 0.2) is 35.5 Å². The van der Waals surface area contributed by atoms with Gasteiger partial charge in [0.1, 0.15) is 29.3 Å². The lowest BCUT2D eigenvalue weighted by atomic mass is 10.0. The number of carbonyl (C=O) groups excluding carboxylic acids is 4. The smallest absolute Gasteiger partial charge is 0.412 e. The number of para-hydroxylation sites is 1. The second-order valence-electron chi connectivity index (χ2n) is 8.95. The highest BCUT2D eigenvalue weighted by Gasteiger charge is 2.54. The second-order valence-corrected chi connectivity index (χ2v) is 10.1. The van der Waals surface area contributed by atoms with Crippen molar-refractivity contribution >= 4 is 47.3 Å². The van der Waals surface area contributed by atoms with Crippen molar-refractivity contribution in [3.05, 3.63) is 41.1 Å². The standard InChI is InChI=1S/C23H27N3O8S/c1-12(27)33-10-14-11-35-20-17(19(29)26(20)18(14)21(30)31)25-16(28)9-13-7-5-6-8-15(13)24-22(32)34-23(2,3)4/h5-8,17,20H,9-11H2,1-4H3,(H,24,32)(H,25,28)(H,30,31)/t17?,20-/m1/s1. The van der Waals surface area contributed by atoms with Gasteiger partial charge < -0.3 is 19.9 Å². The van der Waals surface area contributed by atoms with Crippen LogP contribution in [0.25, 0.3) is 0 Å². The number of benzene rings is 1. The summed E-state index contributed by atoms with van der Waals surface area (Å²) < 4.78 is 10.2. The van der Waals surface area contributed by atoms with Crippen LogP contribution in [0.4, 0.5) is 10.5 Å². The Balaban J connectivity index is 1.66. The summed E-state index contributed by atoms with van der Waals surface area (Å²) in [5, 5.41) is 14.3. The minimum atomic E-state index is -1.31. The van der Waals surface area contributed by atoms with Crippen molar-refractivity contribution in [3.63, 3.8) is 0 Å². The molecule has 1 aromatic rings. The first-order chi connectivity index (χ1) is 16.4. The van der Waals surface area contributed by atoms with Crippen LogP contribution < -0.4 is 10.6 Å². The van der Waals surface area contributed by atoms with Crippen LogP contribution in [0.2, 0.25) is 0 Å². The molecule has 1 fully saturated rings. The first kappa shape index (κ1) is 26.1. The number of carbonyl (C=O) groups is 5. The normalized spacial score (nSPS) is 19.3. The summed E-state index contributed by atoms with van der Waals surface area (Å²) in [6.07, 6.45) is -0.779. The minimum Gasteiger partial charge on any atom is -0.477 e. The maximum atomic E-state index is 12.7. The van der Waals surface area contributed by atoms with E-state index in [0.29, 0.717) is 16.8 Å². The fourth-order valence-electron chi connectivity index (χ4n) is 3.59. The molecule has 3 rings (SSSR count). The van der Waals surface area contributed by atoms with Gasteiger partial charge >= 0.3 is 18.0 Å². The van der Waals surface area contributed by atoms with Crippen LogP contribution in [0.1, 0.15) is 33.3 Å². The van der Waals surface area contributed by atoms with Gasteiger partial charge in [-0.1, -0.05) is 18.2 Å². The fourth-order valence-corrected chi connectivity index (χ4v) is 4.92. The van der Waals surface area contributed by atoms with Crippen LogP contribution >= 0.6 is 11.8 Å². The molecule has 3 amide bonds. The predicted molar refractivity (Wildman–Crippen MR) is 126 cm³/mol. The minimum absolute atomic E-state index is 0.119. The molecular formula is C23H27N3O8S. The Bertz CT molecular complexity index is 1090. The highest BCUT2D eigenvalue weighted by atomic mass is 32.2. The number of ether oxygens (including phenoxy) is 2. The van der Waals surface area contributed by atoms with Crippen molar-refractivity contribution in [1.29, 1.82) is 0 Å². The van der Waals surface area contributed by atoms with Gasteiger partial charge in [-0.2, -0.15) is 0 Å². The van der Waals surface area contributed by atoms with Crippen LogP contribution in [0.3, 0.4) is 0 Å². The number of esters is 1. The molecule has 1 unspecified atom stereocenters. The molecule has 11 nitrogen and oxygen atoms in total. The zero-order valence-corrected chi connectivity index (χ0v) is 20.6. The lowest BCUT2D eigenvalue weighted by molar-refractivity contribution is -0.151. The summed E-state index contributed by atoms with van der Waals surface area (Å²) >= 11 is 1.28. The number of anilines is 1. The average Bonchev–Trinajstić information content (AvgIpc) is 2.75. The molecule has 2 heterocycles. The average molecular weight is 506 g/mol. The van der Waals surface area contributed by atoms with Crippen molar-refractivity contribution in [1.82, 2.24) is 10.2 Å². The third-order valence-corrected chi connectivity index (χ3v) is 6.36. The van der Waals surface area contributed by atoms with E-state index in [1.807, 2.05) is 0 Å². The predicted octanol–water partition coefficient (Wildman–Crippen LogP) is 1.88. The van der Waals surface area contributed by atoms with Gasteiger partial charge in [0.25, 0.3) is 5.91 Å². The van der Waals surface area contributed by atoms with Crippen molar-refractivity contribution < 1.29 is 38.6 Å². The Morgan fingerprint density at radius 2 is 1.89 bits per heavy atom. The van der Waals surface area contributed by atoms with E-state index in [0.717, 1.165) is 4.90 Å². The first-order valence-electron chi connectivity index (χ1n) is 10.8. The van der Waals surface area contributed by atoms with Gasteiger partial charge in [0.05, 0.1) is 6.42 Å². The molecule has 0 aliphatic carbocycles. The molecular weight excluding hydrogens is 478 g/mol. The molecule has 2 aliphatic heterocycles. The molecule has 3 N–H and O–H groups in total. The summed E-state index contributed by atoms with van der Waals surface area (Å²) in [6, 6.07) is 5.82. The summed E-state index contributed by atoms with van der Waals surface area (Å²) in [7, 11) is 0. The van der Waals surface area contributed by atoms with Crippen molar-refractivity contribution in [2.24, 2.45) is 0 Å². The Kier molecular flexibility index (Phi) is 7.73. The van der Waals surface area contributed by atoms with E-state index in [9.17, 15) is 29.1 Å². The lowest BCUT2D eigenvalue weighted by Crippen LogP contribution is -2.70. The van der Waals surface area contributed by atoms with E-state index in [4.69, 9.17) is 9.47 Å². The molecule has 2 atom stereocenters. The summed E-state index contributed by atoms with van der Waals surface area (Å²) in [4.78, 5) is 61.6. The Hall–Kier alpha value is -3.54. The molecule has 188 valence electrons. The fraction of sp³-hybridized carbons (Fsp3) is 0.435. The summed E-state index contributed by atoms with van der Waals surface area (Å²) in [5.41, 5.74) is 0.320. The zero-order valence-electron chi connectivity index (χ0n) is 19.7. The van der Waals surface area contributed by atoms with E-state index in [1.165, 1.54) is 18.7 Å². The number of rotatable bonds is 7. The maximum absolute atomic E-state index is 12.7. The quantitative estimate of drug-likeness (QED) is 0.373. The summed E-state index contributed by atoms with van der Waals surface area (Å²) in [6.45, 7) is 6.19. The SMILES string of the molecule is CC(=O)OCC1=C(C(=O)O)N2C(=O)C(NC(=O)Cc3ccccc3NC(=O)OC(C)(C)C)[C@H]2SC1. The number of hydrogen-bond donors (Lipinski definition) is 3. The zero-order chi connectivity index (χ0) is 25.9. The molecule has 12 heteroatoms. The van der Waals surface area contributed by atoms with E-state index in [1.54, 1.807) is 45.0 Å². The van der Waals surface area contributed by atoms with Gasteiger partial charge in [-0.05, 0) is 32.4 Å². The molecule has 0 radical (unpaired) electrons.